The van der Waals surface area contributed by atoms with Gasteiger partial charge in [0, 0.05) is 14.6 Å². The summed E-state index contributed by atoms with van der Waals surface area (Å²) in [5.74, 6) is 0.297. The molecule has 0 saturated heterocycles. The molecular weight excluding hydrogens is 272 g/mol. The number of rotatable bonds is 0. The van der Waals surface area contributed by atoms with Crippen molar-refractivity contribution in [2.24, 2.45) is 0 Å². The van der Waals surface area contributed by atoms with Crippen molar-refractivity contribution >= 4 is 48.1 Å². The summed E-state index contributed by atoms with van der Waals surface area (Å²) < 4.78 is 2.21. The largest absolute Gasteiger partial charge is 0.508 e. The van der Waals surface area contributed by atoms with Crippen LogP contribution in [0.1, 0.15) is 0 Å². The lowest BCUT2D eigenvalue weighted by Gasteiger charge is -2.03. The summed E-state index contributed by atoms with van der Waals surface area (Å²) in [5.41, 5.74) is 0. The van der Waals surface area contributed by atoms with Gasteiger partial charge in [0.2, 0.25) is 0 Å². The second-order valence-corrected chi connectivity index (χ2v) is 5.20. The van der Waals surface area contributed by atoms with E-state index in [9.17, 15) is 5.11 Å². The van der Waals surface area contributed by atoms with Gasteiger partial charge in [-0.25, -0.2) is 0 Å². The summed E-state index contributed by atoms with van der Waals surface area (Å²) in [6, 6.07) is 9.76. The van der Waals surface area contributed by atoms with E-state index in [1.54, 1.807) is 23.5 Å². The van der Waals surface area contributed by atoms with E-state index >= 15 is 0 Å². The summed E-state index contributed by atoms with van der Waals surface area (Å²) in [6.07, 6.45) is 0. The Labute approximate surface area is 99.1 Å². The van der Waals surface area contributed by atoms with Crippen molar-refractivity contribution in [2.75, 3.05) is 0 Å². The zero-order chi connectivity index (χ0) is 10.4. The first-order chi connectivity index (χ1) is 7.25. The second-order valence-electron chi connectivity index (χ2n) is 3.43. The van der Waals surface area contributed by atoms with Crippen LogP contribution in [0.25, 0.3) is 20.9 Å². The topological polar surface area (TPSA) is 20.2 Å². The van der Waals surface area contributed by atoms with E-state index in [0.717, 1.165) is 9.86 Å². The molecule has 1 nitrogen and oxygen atoms in total. The molecule has 0 aliphatic carbocycles. The summed E-state index contributed by atoms with van der Waals surface area (Å²) in [7, 11) is 0. The fourth-order valence-electron chi connectivity index (χ4n) is 1.82. The summed E-state index contributed by atoms with van der Waals surface area (Å²) in [4.78, 5) is 0. The Kier molecular flexibility index (Phi) is 1.97. The number of phenols is 1. The SMILES string of the molecule is Oc1cc(Br)c2c(ccc3ccsc32)c1. The number of thiophene rings is 1. The second kappa shape index (κ2) is 3.22. The first-order valence-corrected chi connectivity index (χ1v) is 6.21. The van der Waals surface area contributed by atoms with Crippen LogP contribution in [0.3, 0.4) is 0 Å². The lowest BCUT2D eigenvalue weighted by molar-refractivity contribution is 0.476. The monoisotopic (exact) mass is 278 g/mol. The average Bonchev–Trinajstić information content (AvgIpc) is 2.63. The summed E-state index contributed by atoms with van der Waals surface area (Å²) in [6.45, 7) is 0. The number of aromatic hydroxyl groups is 1. The quantitative estimate of drug-likeness (QED) is 0.641. The van der Waals surface area contributed by atoms with Gasteiger partial charge in [0.15, 0.2) is 0 Å². The van der Waals surface area contributed by atoms with Crippen LogP contribution in [-0.4, -0.2) is 5.11 Å². The normalized spacial score (nSPS) is 11.3. The van der Waals surface area contributed by atoms with Crippen molar-refractivity contribution in [2.45, 2.75) is 0 Å². The van der Waals surface area contributed by atoms with Crippen molar-refractivity contribution in [3.63, 3.8) is 0 Å². The summed E-state index contributed by atoms with van der Waals surface area (Å²) in [5, 5.41) is 15.1. The van der Waals surface area contributed by atoms with Gasteiger partial charge in [-0.2, -0.15) is 0 Å². The molecule has 0 aliphatic rings. The minimum absolute atomic E-state index is 0.297. The lowest BCUT2D eigenvalue weighted by atomic mass is 10.1. The van der Waals surface area contributed by atoms with Crippen LogP contribution in [0.4, 0.5) is 0 Å². The molecule has 2 aromatic carbocycles. The zero-order valence-corrected chi connectivity index (χ0v) is 10.1. The highest BCUT2D eigenvalue weighted by molar-refractivity contribution is 9.10. The van der Waals surface area contributed by atoms with Crippen LogP contribution in [0.2, 0.25) is 0 Å². The van der Waals surface area contributed by atoms with E-state index in [1.807, 2.05) is 6.07 Å². The minimum atomic E-state index is 0.297. The van der Waals surface area contributed by atoms with Gasteiger partial charge in [0.05, 0.1) is 0 Å². The van der Waals surface area contributed by atoms with Crippen LogP contribution < -0.4 is 0 Å². The Morgan fingerprint density at radius 1 is 1.07 bits per heavy atom. The third kappa shape index (κ3) is 1.34. The molecule has 0 bridgehead atoms. The Morgan fingerprint density at radius 3 is 2.73 bits per heavy atom. The van der Waals surface area contributed by atoms with Gasteiger partial charge >= 0.3 is 0 Å². The Bertz CT molecular complexity index is 657. The molecule has 3 heteroatoms. The molecule has 0 atom stereocenters. The lowest BCUT2D eigenvalue weighted by Crippen LogP contribution is -1.75. The molecule has 0 unspecified atom stereocenters. The zero-order valence-electron chi connectivity index (χ0n) is 7.70. The molecule has 0 saturated carbocycles. The van der Waals surface area contributed by atoms with Crippen LogP contribution in [0, 0.1) is 0 Å². The van der Waals surface area contributed by atoms with Crippen LogP contribution in [0.5, 0.6) is 5.75 Å². The van der Waals surface area contributed by atoms with E-state index in [2.05, 4.69) is 33.4 Å². The van der Waals surface area contributed by atoms with Gasteiger partial charge in [-0.15, -0.1) is 11.3 Å². The highest BCUT2D eigenvalue weighted by atomic mass is 79.9. The van der Waals surface area contributed by atoms with E-state index in [4.69, 9.17) is 0 Å². The molecule has 0 radical (unpaired) electrons. The maximum absolute atomic E-state index is 9.51. The maximum Gasteiger partial charge on any atom is 0.117 e. The first-order valence-electron chi connectivity index (χ1n) is 4.54. The molecule has 0 amide bonds. The molecule has 1 heterocycles. The fourth-order valence-corrected chi connectivity index (χ4v) is 3.58. The van der Waals surface area contributed by atoms with Crippen molar-refractivity contribution in [3.8, 4) is 5.75 Å². The first kappa shape index (κ1) is 9.19. The highest BCUT2D eigenvalue weighted by Crippen LogP contribution is 2.36. The number of hydrogen-bond acceptors (Lipinski definition) is 2. The molecule has 74 valence electrons. The Morgan fingerprint density at radius 2 is 1.87 bits per heavy atom. The van der Waals surface area contributed by atoms with Crippen LogP contribution >= 0.6 is 27.3 Å². The van der Waals surface area contributed by atoms with Crippen LogP contribution in [-0.2, 0) is 0 Å². The predicted octanol–water partition coefficient (Wildman–Crippen LogP) is 4.52. The molecule has 1 aromatic heterocycles. The molecule has 3 aromatic rings. The van der Waals surface area contributed by atoms with Gasteiger partial charge in [-0.3, -0.25) is 0 Å². The van der Waals surface area contributed by atoms with Crippen molar-refractivity contribution in [1.82, 2.24) is 0 Å². The molecule has 1 N–H and O–H groups in total. The molecule has 0 fully saturated rings. The van der Waals surface area contributed by atoms with E-state index in [1.165, 1.54) is 15.5 Å². The molecule has 0 spiro atoms. The van der Waals surface area contributed by atoms with Crippen molar-refractivity contribution in [1.29, 1.82) is 0 Å². The third-order valence-corrected chi connectivity index (χ3v) is 4.04. The van der Waals surface area contributed by atoms with Gasteiger partial charge < -0.3 is 5.11 Å². The average molecular weight is 279 g/mol. The van der Waals surface area contributed by atoms with Gasteiger partial charge in [-0.1, -0.05) is 12.1 Å². The highest BCUT2D eigenvalue weighted by Gasteiger charge is 2.06. The minimum Gasteiger partial charge on any atom is -0.508 e. The summed E-state index contributed by atoms with van der Waals surface area (Å²) >= 11 is 5.23. The Hall–Kier alpha value is -1.06. The molecule has 3 rings (SSSR count). The van der Waals surface area contributed by atoms with Gasteiger partial charge in [0.1, 0.15) is 5.75 Å². The van der Waals surface area contributed by atoms with Crippen molar-refractivity contribution in [3.05, 3.63) is 40.2 Å². The number of halogens is 1. The van der Waals surface area contributed by atoms with Crippen molar-refractivity contribution < 1.29 is 5.11 Å². The smallest absolute Gasteiger partial charge is 0.117 e. The standard InChI is InChI=1S/C12H7BrOS/c13-10-6-9(14)5-8-2-1-7-3-4-15-12(7)11(8)10/h1-6,14H. The van der Waals surface area contributed by atoms with E-state index in [0.29, 0.717) is 5.75 Å². The third-order valence-electron chi connectivity index (χ3n) is 2.47. The maximum atomic E-state index is 9.51. The Balaban J connectivity index is 2.62. The number of benzene rings is 2. The van der Waals surface area contributed by atoms with Crippen LogP contribution in [0.15, 0.2) is 40.2 Å². The number of phenolic OH excluding ortho intramolecular Hbond substituents is 1. The van der Waals surface area contributed by atoms with Gasteiger partial charge in [0.25, 0.3) is 0 Å². The van der Waals surface area contributed by atoms with Gasteiger partial charge in [-0.05, 0) is 50.3 Å². The van der Waals surface area contributed by atoms with E-state index < -0.39 is 0 Å². The number of hydrogen-bond donors (Lipinski definition) is 1. The predicted molar refractivity (Wildman–Crippen MR) is 68.7 cm³/mol. The van der Waals surface area contributed by atoms with E-state index in [-0.39, 0.29) is 0 Å². The molecular formula is C12H7BrOS. The molecule has 15 heavy (non-hydrogen) atoms. The number of fused-ring (bicyclic) bond motifs is 3. The molecule has 0 aliphatic heterocycles. The fraction of sp³-hybridized carbons (Fsp3) is 0.